The molecule has 0 saturated carbocycles. The van der Waals surface area contributed by atoms with Crippen molar-refractivity contribution in [2.75, 3.05) is 25.4 Å². The number of carbonyl (C=O) groups is 1. The first kappa shape index (κ1) is 21.2. The number of rotatable bonds is 8. The summed E-state index contributed by atoms with van der Waals surface area (Å²) in [5.74, 6) is -0.244. The summed E-state index contributed by atoms with van der Waals surface area (Å²) >= 11 is 0. The summed E-state index contributed by atoms with van der Waals surface area (Å²) < 4.78 is 63.0. The van der Waals surface area contributed by atoms with Gasteiger partial charge in [-0.05, 0) is 17.7 Å². The van der Waals surface area contributed by atoms with Gasteiger partial charge in [-0.1, -0.05) is 26.0 Å². The van der Waals surface area contributed by atoms with E-state index in [1.165, 1.54) is 16.4 Å². The van der Waals surface area contributed by atoms with Crippen molar-refractivity contribution in [3.8, 4) is 0 Å². The first-order valence-electron chi connectivity index (χ1n) is 7.75. The molecule has 0 spiro atoms. The topological polar surface area (TPSA) is 78.5 Å². The van der Waals surface area contributed by atoms with Crippen molar-refractivity contribution >= 4 is 16.1 Å². The fourth-order valence-corrected chi connectivity index (χ4v) is 3.55. The molecule has 0 unspecified atom stereocenters. The number of benzene rings is 1. The molecule has 0 saturated heterocycles. The maximum absolute atomic E-state index is 12.6. The van der Waals surface area contributed by atoms with Gasteiger partial charge < -0.3 is 10.6 Å². The zero-order valence-electron chi connectivity index (χ0n) is 14.1. The number of amides is 2. The number of hydrogen-bond donors (Lipinski definition) is 2. The standard InChI is InChI=1S/C15H22F3N3O3S/c1-3-21(4-2)25(23,24)9-8-19-14(22)20-11-12-6-5-7-13(10-12)15(16,17)18/h5-7,10H,3-4,8-9,11H2,1-2H3,(H2,19,20,22). The van der Waals surface area contributed by atoms with Crippen molar-refractivity contribution in [1.82, 2.24) is 14.9 Å². The first-order valence-corrected chi connectivity index (χ1v) is 9.36. The Morgan fingerprint density at radius 2 is 1.80 bits per heavy atom. The van der Waals surface area contributed by atoms with Crippen LogP contribution < -0.4 is 10.6 Å². The molecule has 0 aliphatic heterocycles. The van der Waals surface area contributed by atoms with E-state index in [2.05, 4.69) is 10.6 Å². The molecule has 0 aromatic heterocycles. The fraction of sp³-hybridized carbons (Fsp3) is 0.533. The molecule has 0 fully saturated rings. The number of alkyl halides is 3. The Morgan fingerprint density at radius 1 is 1.16 bits per heavy atom. The maximum atomic E-state index is 12.6. The van der Waals surface area contributed by atoms with Gasteiger partial charge in [0.15, 0.2) is 0 Å². The zero-order valence-corrected chi connectivity index (χ0v) is 14.9. The lowest BCUT2D eigenvalue weighted by Gasteiger charge is -2.18. The molecule has 0 atom stereocenters. The van der Waals surface area contributed by atoms with E-state index in [0.717, 1.165) is 12.1 Å². The molecule has 1 rings (SSSR count). The molecule has 142 valence electrons. The minimum Gasteiger partial charge on any atom is -0.337 e. The van der Waals surface area contributed by atoms with Gasteiger partial charge in [-0.2, -0.15) is 13.2 Å². The molecule has 10 heteroatoms. The van der Waals surface area contributed by atoms with Gasteiger partial charge in [0.1, 0.15) is 0 Å². The van der Waals surface area contributed by atoms with E-state index in [1.54, 1.807) is 13.8 Å². The van der Waals surface area contributed by atoms with Crippen molar-refractivity contribution in [2.24, 2.45) is 0 Å². The average Bonchev–Trinajstić information content (AvgIpc) is 2.53. The number of halogens is 3. The normalized spacial score (nSPS) is 12.2. The Bertz CT molecular complexity index is 674. The van der Waals surface area contributed by atoms with Crippen molar-refractivity contribution < 1.29 is 26.4 Å². The summed E-state index contributed by atoms with van der Waals surface area (Å²) in [4.78, 5) is 11.6. The molecule has 0 aliphatic carbocycles. The highest BCUT2D eigenvalue weighted by molar-refractivity contribution is 7.89. The molecular weight excluding hydrogens is 359 g/mol. The SMILES string of the molecule is CCN(CC)S(=O)(=O)CCNC(=O)NCc1cccc(C(F)(F)F)c1. The van der Waals surface area contributed by atoms with Gasteiger partial charge >= 0.3 is 12.2 Å². The Morgan fingerprint density at radius 3 is 2.36 bits per heavy atom. The summed E-state index contributed by atoms with van der Waals surface area (Å²) in [7, 11) is -3.44. The number of urea groups is 1. The Balaban J connectivity index is 2.46. The quantitative estimate of drug-likeness (QED) is 0.725. The van der Waals surface area contributed by atoms with Crippen LogP contribution in [-0.2, 0) is 22.7 Å². The van der Waals surface area contributed by atoms with Crippen molar-refractivity contribution in [2.45, 2.75) is 26.6 Å². The van der Waals surface area contributed by atoms with Crippen LogP contribution >= 0.6 is 0 Å². The fourth-order valence-electron chi connectivity index (χ4n) is 2.14. The predicted molar refractivity (Wildman–Crippen MR) is 88.4 cm³/mol. The molecule has 0 aliphatic rings. The van der Waals surface area contributed by atoms with Gasteiger partial charge in [-0.25, -0.2) is 17.5 Å². The van der Waals surface area contributed by atoms with Gasteiger partial charge in [0.2, 0.25) is 10.0 Å². The van der Waals surface area contributed by atoms with Crippen LogP contribution in [0, 0.1) is 0 Å². The summed E-state index contributed by atoms with van der Waals surface area (Å²) in [6, 6.07) is 3.97. The predicted octanol–water partition coefficient (Wildman–Crippen LogP) is 2.18. The van der Waals surface area contributed by atoms with Crippen LogP contribution in [0.2, 0.25) is 0 Å². The van der Waals surface area contributed by atoms with E-state index >= 15 is 0 Å². The zero-order chi connectivity index (χ0) is 19.1. The van der Waals surface area contributed by atoms with Crippen LogP contribution in [0.25, 0.3) is 0 Å². The number of nitrogens with one attached hydrogen (secondary N) is 2. The van der Waals surface area contributed by atoms with E-state index in [1.807, 2.05) is 0 Å². The second-order valence-electron chi connectivity index (χ2n) is 5.21. The number of nitrogens with zero attached hydrogens (tertiary/aromatic N) is 1. The smallest absolute Gasteiger partial charge is 0.337 e. The minimum atomic E-state index is -4.45. The van der Waals surface area contributed by atoms with E-state index in [0.29, 0.717) is 18.7 Å². The lowest BCUT2D eigenvalue weighted by Crippen LogP contribution is -2.40. The maximum Gasteiger partial charge on any atom is 0.416 e. The summed E-state index contributed by atoms with van der Waals surface area (Å²) in [6.45, 7) is 3.94. The van der Waals surface area contributed by atoms with Crippen molar-refractivity contribution in [1.29, 1.82) is 0 Å². The Hall–Kier alpha value is -1.81. The molecule has 2 amide bonds. The average molecular weight is 381 g/mol. The van der Waals surface area contributed by atoms with Gasteiger partial charge in [-0.3, -0.25) is 0 Å². The van der Waals surface area contributed by atoms with Gasteiger partial charge in [0.25, 0.3) is 0 Å². The molecular formula is C15H22F3N3O3S. The molecule has 25 heavy (non-hydrogen) atoms. The monoisotopic (exact) mass is 381 g/mol. The molecule has 6 nitrogen and oxygen atoms in total. The Kier molecular flexibility index (Phi) is 7.68. The summed E-state index contributed by atoms with van der Waals surface area (Å²) in [5.41, 5.74) is -0.502. The van der Waals surface area contributed by atoms with Crippen LogP contribution in [-0.4, -0.2) is 44.1 Å². The molecule has 0 heterocycles. The van der Waals surface area contributed by atoms with Gasteiger partial charge in [-0.15, -0.1) is 0 Å². The molecule has 1 aromatic rings. The first-order chi connectivity index (χ1) is 11.6. The van der Waals surface area contributed by atoms with Crippen LogP contribution in [0.5, 0.6) is 0 Å². The van der Waals surface area contributed by atoms with Crippen LogP contribution in [0.3, 0.4) is 0 Å². The number of hydrogen-bond acceptors (Lipinski definition) is 3. The van der Waals surface area contributed by atoms with Crippen molar-refractivity contribution in [3.05, 3.63) is 35.4 Å². The number of sulfonamides is 1. The van der Waals surface area contributed by atoms with Crippen LogP contribution in [0.15, 0.2) is 24.3 Å². The lowest BCUT2D eigenvalue weighted by atomic mass is 10.1. The molecule has 0 radical (unpaired) electrons. The third kappa shape index (κ3) is 6.91. The second kappa shape index (κ2) is 9.04. The molecule has 0 bridgehead atoms. The van der Waals surface area contributed by atoms with Gasteiger partial charge in [0.05, 0.1) is 11.3 Å². The Labute approximate surface area is 145 Å². The summed E-state index contributed by atoms with van der Waals surface area (Å²) in [5, 5.41) is 4.77. The van der Waals surface area contributed by atoms with Crippen LogP contribution in [0.4, 0.5) is 18.0 Å². The van der Waals surface area contributed by atoms with Crippen LogP contribution in [0.1, 0.15) is 25.0 Å². The van der Waals surface area contributed by atoms with E-state index in [4.69, 9.17) is 0 Å². The third-order valence-electron chi connectivity index (χ3n) is 3.45. The highest BCUT2D eigenvalue weighted by Gasteiger charge is 2.30. The molecule has 2 N–H and O–H groups in total. The largest absolute Gasteiger partial charge is 0.416 e. The highest BCUT2D eigenvalue weighted by Crippen LogP contribution is 2.29. The number of carbonyl (C=O) groups excluding carboxylic acids is 1. The van der Waals surface area contributed by atoms with E-state index in [9.17, 15) is 26.4 Å². The van der Waals surface area contributed by atoms with E-state index < -0.39 is 27.8 Å². The van der Waals surface area contributed by atoms with Gasteiger partial charge in [0, 0.05) is 26.2 Å². The highest BCUT2D eigenvalue weighted by atomic mass is 32.2. The minimum absolute atomic E-state index is 0.0900. The van der Waals surface area contributed by atoms with E-state index in [-0.39, 0.29) is 18.8 Å². The second-order valence-corrected chi connectivity index (χ2v) is 7.30. The third-order valence-corrected chi connectivity index (χ3v) is 5.47. The lowest BCUT2D eigenvalue weighted by molar-refractivity contribution is -0.137. The van der Waals surface area contributed by atoms with Crippen molar-refractivity contribution in [3.63, 3.8) is 0 Å². The molecule has 1 aromatic carbocycles. The summed E-state index contributed by atoms with van der Waals surface area (Å²) in [6.07, 6.45) is -4.45.